The molecule has 0 saturated heterocycles. The second-order valence-corrected chi connectivity index (χ2v) is 1.66. The van der Waals surface area contributed by atoms with Gasteiger partial charge in [-0.1, -0.05) is 6.08 Å². The molecule has 0 saturated carbocycles. The van der Waals surface area contributed by atoms with Gasteiger partial charge in [0.15, 0.2) is 5.38 Å². The van der Waals surface area contributed by atoms with Crippen molar-refractivity contribution in [3.63, 3.8) is 0 Å². The molecule has 0 radical (unpaired) electrons. The lowest BCUT2D eigenvalue weighted by atomic mass is 10.4. The average molecular weight is 155 g/mol. The van der Waals surface area contributed by atoms with E-state index >= 15 is 0 Å². The summed E-state index contributed by atoms with van der Waals surface area (Å²) in [5.74, 6) is -0.705. The monoisotopic (exact) mass is 154 g/mol. The Morgan fingerprint density at radius 1 is 1.88 bits per heavy atom. The van der Waals surface area contributed by atoms with Crippen LogP contribution in [0.4, 0.5) is 0 Å². The van der Waals surface area contributed by atoms with E-state index in [9.17, 15) is 4.79 Å². The third-order valence-corrected chi connectivity index (χ3v) is 1.02. The molecule has 8 heavy (non-hydrogen) atoms. The standard InChI is InChI=1S/C4H4Cl2O2/c1-2-3(5)4(7)8-6/h2-3H,1H2. The third kappa shape index (κ3) is 2.19. The normalized spacial score (nSPS) is 12.2. The molecule has 0 aromatic rings. The highest BCUT2D eigenvalue weighted by Gasteiger charge is 2.10. The summed E-state index contributed by atoms with van der Waals surface area (Å²) in [6.45, 7) is 3.24. The Bertz CT molecular complexity index is 102. The van der Waals surface area contributed by atoms with E-state index in [1.807, 2.05) is 0 Å². The van der Waals surface area contributed by atoms with E-state index in [0.29, 0.717) is 0 Å². The van der Waals surface area contributed by atoms with Gasteiger partial charge >= 0.3 is 5.97 Å². The summed E-state index contributed by atoms with van der Waals surface area (Å²) in [7, 11) is 0. The smallest absolute Gasteiger partial charge is 0.346 e. The number of alkyl halides is 1. The largest absolute Gasteiger partial charge is 0.346 e. The first-order valence-electron chi connectivity index (χ1n) is 1.81. The molecule has 0 bridgehead atoms. The van der Waals surface area contributed by atoms with Gasteiger partial charge in [-0.05, 0) is 0 Å². The molecule has 0 spiro atoms. The molecule has 46 valence electrons. The summed E-state index contributed by atoms with van der Waals surface area (Å²) >= 11 is 9.88. The number of carbonyl (C=O) groups excluding carboxylic acids is 1. The van der Waals surface area contributed by atoms with Crippen molar-refractivity contribution < 1.29 is 9.08 Å². The minimum atomic E-state index is -0.840. The third-order valence-electron chi connectivity index (χ3n) is 0.508. The minimum absolute atomic E-state index is 0.705. The van der Waals surface area contributed by atoms with Crippen molar-refractivity contribution in [2.75, 3.05) is 0 Å². The first kappa shape index (κ1) is 7.79. The topological polar surface area (TPSA) is 26.3 Å². The molecule has 0 aromatic carbocycles. The predicted molar refractivity (Wildman–Crippen MR) is 31.8 cm³/mol. The fourth-order valence-electron chi connectivity index (χ4n) is 0.139. The van der Waals surface area contributed by atoms with Crippen LogP contribution in [0.5, 0.6) is 0 Å². The molecule has 0 aliphatic heterocycles. The van der Waals surface area contributed by atoms with Gasteiger partial charge in [0.05, 0.1) is 0 Å². The molecule has 0 heterocycles. The molecule has 0 aliphatic carbocycles. The zero-order valence-corrected chi connectivity index (χ0v) is 5.45. The van der Waals surface area contributed by atoms with Crippen LogP contribution >= 0.6 is 23.5 Å². The zero-order chi connectivity index (χ0) is 6.57. The highest BCUT2D eigenvalue weighted by molar-refractivity contribution is 6.33. The molecule has 2 nitrogen and oxygen atoms in total. The van der Waals surface area contributed by atoms with Crippen molar-refractivity contribution >= 4 is 29.4 Å². The van der Waals surface area contributed by atoms with Gasteiger partial charge in [0.2, 0.25) is 0 Å². The fourth-order valence-corrected chi connectivity index (χ4v) is 0.325. The fraction of sp³-hybridized carbons (Fsp3) is 0.250. The Kier molecular flexibility index (Phi) is 3.65. The highest BCUT2D eigenvalue weighted by atomic mass is 35.5. The highest BCUT2D eigenvalue weighted by Crippen LogP contribution is 2.00. The first-order chi connectivity index (χ1) is 3.72. The number of carbonyl (C=O) groups is 1. The van der Waals surface area contributed by atoms with Crippen LogP contribution < -0.4 is 0 Å². The van der Waals surface area contributed by atoms with E-state index in [-0.39, 0.29) is 0 Å². The Morgan fingerprint density at radius 3 is 2.50 bits per heavy atom. The van der Waals surface area contributed by atoms with Crippen LogP contribution in [-0.4, -0.2) is 11.3 Å². The van der Waals surface area contributed by atoms with E-state index in [4.69, 9.17) is 11.6 Å². The number of rotatable bonds is 2. The van der Waals surface area contributed by atoms with E-state index in [1.165, 1.54) is 6.08 Å². The lowest BCUT2D eigenvalue weighted by Gasteiger charge is -1.94. The van der Waals surface area contributed by atoms with Gasteiger partial charge in [0.25, 0.3) is 0 Å². The summed E-state index contributed by atoms with van der Waals surface area (Å²) in [5.41, 5.74) is 0. The van der Waals surface area contributed by atoms with Gasteiger partial charge in [-0.15, -0.1) is 18.2 Å². The second kappa shape index (κ2) is 3.75. The Labute approximate surface area is 57.2 Å². The summed E-state index contributed by atoms with van der Waals surface area (Å²) in [6, 6.07) is 0. The molecule has 4 heteroatoms. The van der Waals surface area contributed by atoms with Crippen LogP contribution in [0.25, 0.3) is 0 Å². The molecule has 1 atom stereocenters. The molecular weight excluding hydrogens is 151 g/mol. The maximum atomic E-state index is 10.2. The minimum Gasteiger partial charge on any atom is -0.346 e. The van der Waals surface area contributed by atoms with E-state index in [0.717, 1.165) is 0 Å². The molecular formula is C4H4Cl2O2. The van der Waals surface area contributed by atoms with Gasteiger partial charge in [0, 0.05) is 0 Å². The van der Waals surface area contributed by atoms with Crippen molar-refractivity contribution in [2.24, 2.45) is 0 Å². The molecule has 1 unspecified atom stereocenters. The molecule has 0 amide bonds. The molecule has 0 aliphatic rings. The van der Waals surface area contributed by atoms with Crippen molar-refractivity contribution in [1.29, 1.82) is 0 Å². The molecule has 0 N–H and O–H groups in total. The number of halogens is 2. The zero-order valence-electron chi connectivity index (χ0n) is 3.93. The van der Waals surface area contributed by atoms with Gasteiger partial charge in [-0.3, -0.25) is 0 Å². The van der Waals surface area contributed by atoms with Crippen LogP contribution in [0.1, 0.15) is 0 Å². The molecule has 0 aromatic heterocycles. The molecule has 0 rings (SSSR count). The quantitative estimate of drug-likeness (QED) is 0.445. The van der Waals surface area contributed by atoms with Gasteiger partial charge < -0.3 is 4.29 Å². The van der Waals surface area contributed by atoms with Crippen molar-refractivity contribution in [2.45, 2.75) is 5.38 Å². The van der Waals surface area contributed by atoms with E-state index in [1.54, 1.807) is 0 Å². The summed E-state index contributed by atoms with van der Waals surface area (Å²) in [4.78, 5) is 10.2. The summed E-state index contributed by atoms with van der Waals surface area (Å²) < 4.78 is 3.73. The van der Waals surface area contributed by atoms with Crippen LogP contribution in [-0.2, 0) is 9.08 Å². The summed E-state index contributed by atoms with van der Waals surface area (Å²) in [5, 5.41) is -0.840. The maximum absolute atomic E-state index is 10.2. The van der Waals surface area contributed by atoms with Crippen molar-refractivity contribution in [1.82, 2.24) is 0 Å². The van der Waals surface area contributed by atoms with Crippen LogP contribution in [0.2, 0.25) is 0 Å². The first-order valence-corrected chi connectivity index (χ1v) is 2.56. The molecule has 0 fully saturated rings. The SMILES string of the molecule is C=CC(Cl)C(=O)OCl. The van der Waals surface area contributed by atoms with Gasteiger partial charge in [0.1, 0.15) is 11.9 Å². The van der Waals surface area contributed by atoms with Crippen LogP contribution in [0, 0.1) is 0 Å². The predicted octanol–water partition coefficient (Wildman–Crippen LogP) is 1.48. The average Bonchev–Trinajstić information content (AvgIpc) is 1.84. The Hall–Kier alpha value is -0.210. The van der Waals surface area contributed by atoms with Crippen molar-refractivity contribution in [3.05, 3.63) is 12.7 Å². The van der Waals surface area contributed by atoms with Gasteiger partial charge in [-0.2, -0.15) is 0 Å². The number of hydrogen-bond donors (Lipinski definition) is 0. The Morgan fingerprint density at radius 2 is 2.38 bits per heavy atom. The Balaban J connectivity index is 3.62. The van der Waals surface area contributed by atoms with Crippen molar-refractivity contribution in [3.8, 4) is 0 Å². The van der Waals surface area contributed by atoms with Crippen LogP contribution in [0.15, 0.2) is 12.7 Å². The van der Waals surface area contributed by atoms with E-state index in [2.05, 4.69) is 22.7 Å². The van der Waals surface area contributed by atoms with Gasteiger partial charge in [-0.25, -0.2) is 4.79 Å². The summed E-state index contributed by atoms with van der Waals surface area (Å²) in [6.07, 6.45) is 1.23. The second-order valence-electron chi connectivity index (χ2n) is 1.03. The lowest BCUT2D eigenvalue weighted by molar-refractivity contribution is -0.132. The van der Waals surface area contributed by atoms with Crippen LogP contribution in [0.3, 0.4) is 0 Å². The number of hydrogen-bond acceptors (Lipinski definition) is 2. The lowest BCUT2D eigenvalue weighted by Crippen LogP contribution is -2.10. The van der Waals surface area contributed by atoms with E-state index < -0.39 is 11.3 Å². The maximum Gasteiger partial charge on any atom is 0.346 e.